The number of nitrogens with one attached hydrogen (secondary N) is 2. The van der Waals surface area contributed by atoms with Crippen molar-refractivity contribution < 1.29 is 62.3 Å². The molecule has 2 unspecified atom stereocenters. The molecule has 2 aromatic carbocycles. The van der Waals surface area contributed by atoms with Crippen LogP contribution in [0.1, 0.15) is 51.7 Å². The van der Waals surface area contributed by atoms with Gasteiger partial charge in [0.25, 0.3) is 0 Å². The van der Waals surface area contributed by atoms with Gasteiger partial charge in [-0.3, -0.25) is 19.2 Å². The van der Waals surface area contributed by atoms with Gasteiger partial charge in [-0.15, -0.1) is 0 Å². The second kappa shape index (κ2) is 15.7. The number of fused-ring (bicyclic) bond motifs is 3. The minimum Gasteiger partial charge on any atom is -0.480 e. The third-order valence-electron chi connectivity index (χ3n) is 7.77. The smallest absolute Gasteiger partial charge is 0.407 e. The lowest BCUT2D eigenvalue weighted by Crippen LogP contribution is -2.67. The number of carboxylic acid groups (broad SMARTS) is 1. The summed E-state index contributed by atoms with van der Waals surface area (Å²) in [4.78, 5) is 73.2. The van der Waals surface area contributed by atoms with Gasteiger partial charge in [0.1, 0.15) is 25.4 Å². The number of carboxylic acids is 1. The number of carbonyl (C=O) groups is 6. The molecule has 7 atom stereocenters. The number of rotatable bonds is 12. The lowest BCUT2D eigenvalue weighted by molar-refractivity contribution is -0.287. The Morgan fingerprint density at radius 3 is 1.88 bits per heavy atom. The van der Waals surface area contributed by atoms with Gasteiger partial charge < -0.3 is 44.2 Å². The molecule has 1 aliphatic carbocycles. The summed E-state index contributed by atoms with van der Waals surface area (Å²) in [5.41, 5.74) is 3.97. The maximum atomic E-state index is 13.0. The molecule has 3 N–H and O–H groups in total. The van der Waals surface area contributed by atoms with Crippen molar-refractivity contribution in [2.75, 3.05) is 13.2 Å². The van der Waals surface area contributed by atoms with Gasteiger partial charge in [-0.1, -0.05) is 48.5 Å². The van der Waals surface area contributed by atoms with E-state index in [4.69, 9.17) is 28.4 Å². The summed E-state index contributed by atoms with van der Waals surface area (Å²) in [7, 11) is 0. The highest BCUT2D eigenvalue weighted by Crippen LogP contribution is 2.44. The molecular formula is C33H38N2O13. The minimum absolute atomic E-state index is 0.0722. The van der Waals surface area contributed by atoms with Crippen LogP contribution in [-0.2, 0) is 52.4 Å². The van der Waals surface area contributed by atoms with Crippen molar-refractivity contribution in [3.63, 3.8) is 0 Å². The first kappa shape index (κ1) is 35.8. The predicted octanol–water partition coefficient (Wildman–Crippen LogP) is 2.04. The molecule has 2 aliphatic rings. The largest absolute Gasteiger partial charge is 0.480 e. The standard InChI is InChI=1S/C33H38N2O13/c1-16(27(31(40)41)35-33(42)44-14-25-23-12-8-6-10-21(23)22-11-7-9-13-24(22)25)45-32-28(34-17(2)36)30(47-20(5)39)29(46-19(4)38)26(48-32)15-43-18(3)37/h6-13,16,25-30,32H,14-15H2,1-5H3,(H,34,36)(H,35,42)(H,40,41)/t16?,26-,27?,28-,29+,30-,32+/m1/s1. The topological polar surface area (TPSA) is 202 Å². The van der Waals surface area contributed by atoms with Gasteiger partial charge >= 0.3 is 30.0 Å². The number of hydrogen-bond acceptors (Lipinski definition) is 12. The minimum atomic E-state index is -1.69. The summed E-state index contributed by atoms with van der Waals surface area (Å²) in [6.07, 6.45) is -7.98. The number of carbonyl (C=O) groups excluding carboxylic acids is 5. The molecule has 258 valence electrons. The third-order valence-corrected chi connectivity index (χ3v) is 7.77. The van der Waals surface area contributed by atoms with Crippen LogP contribution in [0.15, 0.2) is 48.5 Å². The first-order valence-corrected chi connectivity index (χ1v) is 15.2. The van der Waals surface area contributed by atoms with Crippen molar-refractivity contribution in [2.24, 2.45) is 0 Å². The van der Waals surface area contributed by atoms with Crippen LogP contribution >= 0.6 is 0 Å². The molecule has 1 saturated heterocycles. The third kappa shape index (κ3) is 8.66. The van der Waals surface area contributed by atoms with Gasteiger partial charge in [0, 0.05) is 33.6 Å². The van der Waals surface area contributed by atoms with Gasteiger partial charge in [0.15, 0.2) is 24.5 Å². The van der Waals surface area contributed by atoms with E-state index in [1.807, 2.05) is 48.5 Å². The van der Waals surface area contributed by atoms with E-state index in [0.717, 1.165) is 49.9 Å². The monoisotopic (exact) mass is 670 g/mol. The van der Waals surface area contributed by atoms with Gasteiger partial charge in [-0.2, -0.15) is 0 Å². The van der Waals surface area contributed by atoms with Gasteiger partial charge in [0.05, 0.1) is 6.10 Å². The maximum Gasteiger partial charge on any atom is 0.407 e. The zero-order chi connectivity index (χ0) is 35.1. The Morgan fingerprint density at radius 2 is 1.35 bits per heavy atom. The first-order chi connectivity index (χ1) is 22.8. The van der Waals surface area contributed by atoms with Crippen molar-refractivity contribution in [2.45, 2.75) is 83.3 Å². The lowest BCUT2D eigenvalue weighted by atomic mass is 9.95. The van der Waals surface area contributed by atoms with Crippen LogP contribution in [0.5, 0.6) is 0 Å². The normalized spacial score (nSPS) is 22.6. The average Bonchev–Trinajstić information content (AvgIpc) is 3.33. The van der Waals surface area contributed by atoms with E-state index >= 15 is 0 Å². The van der Waals surface area contributed by atoms with Crippen LogP contribution in [0.25, 0.3) is 11.1 Å². The molecule has 0 radical (unpaired) electrons. The van der Waals surface area contributed by atoms with Gasteiger partial charge in [-0.25, -0.2) is 9.59 Å². The van der Waals surface area contributed by atoms with Crippen LogP contribution in [0.2, 0.25) is 0 Å². The van der Waals surface area contributed by atoms with E-state index < -0.39 is 85.3 Å². The zero-order valence-corrected chi connectivity index (χ0v) is 27.0. The molecule has 15 heteroatoms. The number of alkyl carbamates (subject to hydrolysis) is 1. The number of esters is 3. The number of benzene rings is 2. The fraction of sp³-hybridized carbons (Fsp3) is 0.455. The predicted molar refractivity (Wildman–Crippen MR) is 164 cm³/mol. The average molecular weight is 671 g/mol. The van der Waals surface area contributed by atoms with Crippen LogP contribution < -0.4 is 10.6 Å². The van der Waals surface area contributed by atoms with Gasteiger partial charge in [-0.05, 0) is 29.2 Å². The lowest BCUT2D eigenvalue weighted by Gasteiger charge is -2.45. The van der Waals surface area contributed by atoms with Crippen molar-refractivity contribution in [1.82, 2.24) is 10.6 Å². The Labute approximate surface area is 276 Å². The molecule has 1 fully saturated rings. The van der Waals surface area contributed by atoms with Gasteiger partial charge in [0.2, 0.25) is 5.91 Å². The van der Waals surface area contributed by atoms with E-state index in [1.165, 1.54) is 6.92 Å². The van der Waals surface area contributed by atoms with Crippen LogP contribution in [0, 0.1) is 0 Å². The summed E-state index contributed by atoms with van der Waals surface area (Å²) in [5.74, 6) is -4.67. The Kier molecular flexibility index (Phi) is 11.7. The molecule has 2 aromatic rings. The fourth-order valence-electron chi connectivity index (χ4n) is 5.84. The first-order valence-electron chi connectivity index (χ1n) is 15.2. The summed E-state index contributed by atoms with van der Waals surface area (Å²) in [6.45, 7) is 5.26. The SMILES string of the molecule is CC(=O)N[C@H]1[C@@H](OC(C)C(NC(=O)OCC2c3ccccc3-c3ccccc32)C(=O)O)O[C@H](COC(C)=O)[C@H](OC(C)=O)[C@@H]1OC(C)=O. The van der Waals surface area contributed by atoms with Crippen molar-refractivity contribution >= 4 is 35.9 Å². The zero-order valence-electron chi connectivity index (χ0n) is 27.0. The molecular weight excluding hydrogens is 632 g/mol. The highest BCUT2D eigenvalue weighted by molar-refractivity contribution is 5.81. The van der Waals surface area contributed by atoms with Crippen LogP contribution in [-0.4, -0.2) is 97.0 Å². The van der Waals surface area contributed by atoms with E-state index in [1.54, 1.807) is 0 Å². The van der Waals surface area contributed by atoms with Crippen molar-refractivity contribution in [3.05, 3.63) is 59.7 Å². The molecule has 0 spiro atoms. The van der Waals surface area contributed by atoms with Crippen LogP contribution in [0.3, 0.4) is 0 Å². The number of ether oxygens (including phenoxy) is 6. The molecule has 2 amide bonds. The van der Waals surface area contributed by atoms with Crippen LogP contribution in [0.4, 0.5) is 4.79 Å². The molecule has 0 saturated carbocycles. The molecule has 4 rings (SSSR count). The van der Waals surface area contributed by atoms with E-state index in [9.17, 15) is 33.9 Å². The Balaban J connectivity index is 1.52. The fourth-order valence-corrected chi connectivity index (χ4v) is 5.84. The van der Waals surface area contributed by atoms with E-state index in [2.05, 4.69) is 10.6 Å². The molecule has 1 aliphatic heterocycles. The summed E-state index contributed by atoms with van der Waals surface area (Å²) >= 11 is 0. The number of hydrogen-bond donors (Lipinski definition) is 3. The Bertz CT molecular complexity index is 1500. The summed E-state index contributed by atoms with van der Waals surface area (Å²) in [5, 5.41) is 14.9. The quantitative estimate of drug-likeness (QED) is 0.219. The van der Waals surface area contributed by atoms with Crippen molar-refractivity contribution in [3.8, 4) is 11.1 Å². The van der Waals surface area contributed by atoms with Crippen molar-refractivity contribution in [1.29, 1.82) is 0 Å². The summed E-state index contributed by atoms with van der Waals surface area (Å²) in [6, 6.07) is 12.4. The second-order valence-corrected chi connectivity index (χ2v) is 11.3. The Morgan fingerprint density at radius 1 is 0.792 bits per heavy atom. The highest BCUT2D eigenvalue weighted by Gasteiger charge is 2.52. The summed E-state index contributed by atoms with van der Waals surface area (Å²) < 4.78 is 33.2. The molecule has 15 nitrogen and oxygen atoms in total. The van der Waals surface area contributed by atoms with E-state index in [0.29, 0.717) is 0 Å². The molecule has 0 bridgehead atoms. The number of aliphatic carboxylic acids is 1. The Hall–Kier alpha value is -5.02. The molecule has 48 heavy (non-hydrogen) atoms. The maximum absolute atomic E-state index is 13.0. The molecule has 0 aromatic heterocycles. The highest BCUT2D eigenvalue weighted by atomic mass is 16.7. The second-order valence-electron chi connectivity index (χ2n) is 11.3. The van der Waals surface area contributed by atoms with E-state index in [-0.39, 0.29) is 12.5 Å². The number of amides is 2. The molecule has 1 heterocycles.